The monoisotopic (exact) mass is 492 g/mol. The summed E-state index contributed by atoms with van der Waals surface area (Å²) >= 11 is 0. The first-order valence-electron chi connectivity index (χ1n) is 10.8. The van der Waals surface area contributed by atoms with E-state index < -0.39 is 10.1 Å². The predicted octanol–water partition coefficient (Wildman–Crippen LogP) is 1.65. The molecule has 1 rings (SSSR count). The number of rotatable bonds is 24. The second kappa shape index (κ2) is 21.0. The van der Waals surface area contributed by atoms with Crippen LogP contribution in [0.3, 0.4) is 0 Å². The Balaban J connectivity index is 1.75. The third kappa shape index (κ3) is 17.6. The fourth-order valence-corrected chi connectivity index (χ4v) is 3.16. The fourth-order valence-electron chi connectivity index (χ4n) is 2.25. The minimum atomic E-state index is -3.74. The highest BCUT2D eigenvalue weighted by Gasteiger charge is 2.13. The van der Waals surface area contributed by atoms with Gasteiger partial charge in [0.15, 0.2) is 0 Å². The van der Waals surface area contributed by atoms with E-state index in [0.29, 0.717) is 79.3 Å². The van der Waals surface area contributed by atoms with Gasteiger partial charge in [0.1, 0.15) is 6.61 Å². The molecule has 0 aliphatic rings. The Hall–Kier alpha value is -1.57. The molecule has 10 nitrogen and oxygen atoms in total. The lowest BCUT2D eigenvalue weighted by molar-refractivity contribution is -0.0192. The van der Waals surface area contributed by atoms with Crippen LogP contribution in [0.25, 0.3) is 0 Å². The zero-order valence-corrected chi connectivity index (χ0v) is 19.9. The summed E-state index contributed by atoms with van der Waals surface area (Å²) < 4.78 is 65.7. The molecule has 0 unspecified atom stereocenters. The minimum Gasteiger partial charge on any atom is -0.499 e. The van der Waals surface area contributed by atoms with Crippen molar-refractivity contribution in [1.82, 2.24) is 0 Å². The lowest BCUT2D eigenvalue weighted by Gasteiger charge is -2.08. The van der Waals surface area contributed by atoms with Crippen LogP contribution in [0.1, 0.15) is 0 Å². The Labute approximate surface area is 196 Å². The van der Waals surface area contributed by atoms with Gasteiger partial charge in [-0.2, -0.15) is 8.42 Å². The standard InChI is InChI=1S/C22H36O10S/c1-2-25-8-9-26-10-11-27-12-13-28-14-15-29-16-17-30-18-19-31-20-21-32-33(23,24)22-6-4-3-5-7-22/h2-7H,1,8-21H2. The van der Waals surface area contributed by atoms with Crippen LogP contribution in [0.5, 0.6) is 0 Å². The second-order valence-electron chi connectivity index (χ2n) is 6.30. The van der Waals surface area contributed by atoms with E-state index in [1.807, 2.05) is 0 Å². The molecule has 0 N–H and O–H groups in total. The van der Waals surface area contributed by atoms with Gasteiger partial charge in [-0.3, -0.25) is 4.18 Å². The average molecular weight is 493 g/mol. The topological polar surface area (TPSA) is 108 Å². The summed E-state index contributed by atoms with van der Waals surface area (Å²) in [5, 5.41) is 0. The van der Waals surface area contributed by atoms with Gasteiger partial charge in [0, 0.05) is 0 Å². The molecular weight excluding hydrogens is 456 g/mol. The van der Waals surface area contributed by atoms with E-state index in [-0.39, 0.29) is 18.1 Å². The van der Waals surface area contributed by atoms with Crippen LogP contribution in [0.15, 0.2) is 48.1 Å². The van der Waals surface area contributed by atoms with Crippen molar-refractivity contribution >= 4 is 10.1 Å². The van der Waals surface area contributed by atoms with Crippen LogP contribution in [0, 0.1) is 0 Å². The largest absolute Gasteiger partial charge is 0.499 e. The minimum absolute atomic E-state index is 0.0509. The molecule has 33 heavy (non-hydrogen) atoms. The number of hydrogen-bond donors (Lipinski definition) is 0. The molecule has 0 radical (unpaired) electrons. The Morgan fingerprint density at radius 3 is 1.33 bits per heavy atom. The third-order valence-electron chi connectivity index (χ3n) is 3.82. The maximum Gasteiger partial charge on any atom is 0.297 e. The second-order valence-corrected chi connectivity index (χ2v) is 7.92. The zero-order chi connectivity index (χ0) is 23.9. The molecule has 0 fully saturated rings. The Morgan fingerprint density at radius 1 is 0.576 bits per heavy atom. The van der Waals surface area contributed by atoms with Crippen molar-refractivity contribution in [1.29, 1.82) is 0 Å². The highest BCUT2D eigenvalue weighted by molar-refractivity contribution is 7.86. The van der Waals surface area contributed by atoms with Crippen LogP contribution >= 0.6 is 0 Å². The molecule has 0 aliphatic heterocycles. The quantitative estimate of drug-likeness (QED) is 0.120. The molecule has 0 atom stereocenters. The molecule has 0 spiro atoms. The average Bonchev–Trinajstić information content (AvgIpc) is 2.83. The molecule has 0 aromatic heterocycles. The molecule has 0 saturated carbocycles. The van der Waals surface area contributed by atoms with Gasteiger partial charge in [-0.15, -0.1) is 0 Å². The first-order valence-corrected chi connectivity index (χ1v) is 12.2. The van der Waals surface area contributed by atoms with Crippen molar-refractivity contribution in [3.05, 3.63) is 43.2 Å². The maximum atomic E-state index is 11.9. The van der Waals surface area contributed by atoms with Crippen LogP contribution in [-0.2, 0) is 47.5 Å². The molecule has 11 heteroatoms. The third-order valence-corrected chi connectivity index (χ3v) is 5.15. The fraction of sp³-hybridized carbons (Fsp3) is 0.636. The highest BCUT2D eigenvalue weighted by atomic mass is 32.2. The van der Waals surface area contributed by atoms with E-state index in [1.165, 1.54) is 18.4 Å². The lowest BCUT2D eigenvalue weighted by atomic mass is 10.4. The van der Waals surface area contributed by atoms with E-state index in [0.717, 1.165) is 0 Å². The highest BCUT2D eigenvalue weighted by Crippen LogP contribution is 2.10. The SMILES string of the molecule is C=COCCOCCOCCOCCOCCOCCOCCOS(=O)(=O)c1ccccc1. The molecule has 0 bridgehead atoms. The van der Waals surface area contributed by atoms with Crippen LogP contribution in [0.2, 0.25) is 0 Å². The lowest BCUT2D eigenvalue weighted by Crippen LogP contribution is -2.15. The van der Waals surface area contributed by atoms with Gasteiger partial charge >= 0.3 is 0 Å². The summed E-state index contributed by atoms with van der Waals surface area (Å²) in [4.78, 5) is 0.124. The van der Waals surface area contributed by atoms with Crippen LogP contribution in [-0.4, -0.2) is 101 Å². The van der Waals surface area contributed by atoms with E-state index in [1.54, 1.807) is 18.2 Å². The molecule has 0 aliphatic carbocycles. The molecule has 0 saturated heterocycles. The van der Waals surface area contributed by atoms with Gasteiger partial charge in [0.05, 0.1) is 97.0 Å². The van der Waals surface area contributed by atoms with Crippen LogP contribution in [0.4, 0.5) is 0 Å². The normalized spacial score (nSPS) is 11.5. The smallest absolute Gasteiger partial charge is 0.297 e. The van der Waals surface area contributed by atoms with Crippen molar-refractivity contribution in [3.63, 3.8) is 0 Å². The van der Waals surface area contributed by atoms with Gasteiger partial charge in [-0.25, -0.2) is 0 Å². The van der Waals surface area contributed by atoms with Crippen molar-refractivity contribution in [3.8, 4) is 0 Å². The van der Waals surface area contributed by atoms with E-state index in [4.69, 9.17) is 37.3 Å². The Morgan fingerprint density at radius 2 is 0.939 bits per heavy atom. The molecule has 0 heterocycles. The summed E-state index contributed by atoms with van der Waals surface area (Å²) in [5.41, 5.74) is 0. The summed E-state index contributed by atoms with van der Waals surface area (Å²) in [6.45, 7) is 9.12. The number of hydrogen-bond acceptors (Lipinski definition) is 10. The van der Waals surface area contributed by atoms with Gasteiger partial charge in [-0.05, 0) is 12.1 Å². The summed E-state index contributed by atoms with van der Waals surface area (Å²) in [6, 6.07) is 7.98. The van der Waals surface area contributed by atoms with Crippen molar-refractivity contribution in [2.24, 2.45) is 0 Å². The summed E-state index contributed by atoms with van der Waals surface area (Å²) in [6.07, 6.45) is 1.38. The van der Waals surface area contributed by atoms with E-state index in [2.05, 4.69) is 6.58 Å². The molecule has 190 valence electrons. The van der Waals surface area contributed by atoms with E-state index in [9.17, 15) is 8.42 Å². The zero-order valence-electron chi connectivity index (χ0n) is 19.1. The first kappa shape index (κ1) is 29.5. The molecule has 1 aromatic carbocycles. The predicted molar refractivity (Wildman–Crippen MR) is 121 cm³/mol. The van der Waals surface area contributed by atoms with Gasteiger partial charge in [0.25, 0.3) is 10.1 Å². The molecular formula is C22H36O10S. The summed E-state index contributed by atoms with van der Waals surface area (Å²) in [7, 11) is -3.74. The molecule has 0 amide bonds. The van der Waals surface area contributed by atoms with Crippen LogP contribution < -0.4 is 0 Å². The molecule has 1 aromatic rings. The summed E-state index contributed by atoms with van der Waals surface area (Å²) in [5.74, 6) is 0. The van der Waals surface area contributed by atoms with Crippen molar-refractivity contribution in [2.45, 2.75) is 4.90 Å². The first-order chi connectivity index (χ1) is 16.2. The Bertz CT molecular complexity index is 669. The van der Waals surface area contributed by atoms with Gasteiger partial charge < -0.3 is 33.2 Å². The number of benzene rings is 1. The van der Waals surface area contributed by atoms with Crippen molar-refractivity contribution < 1.29 is 45.8 Å². The van der Waals surface area contributed by atoms with Gasteiger partial charge in [0.2, 0.25) is 0 Å². The number of ether oxygens (including phenoxy) is 7. The van der Waals surface area contributed by atoms with Gasteiger partial charge in [-0.1, -0.05) is 24.8 Å². The maximum absolute atomic E-state index is 11.9. The van der Waals surface area contributed by atoms with Crippen molar-refractivity contribution in [2.75, 3.05) is 92.5 Å². The Kier molecular flexibility index (Phi) is 18.7. The van der Waals surface area contributed by atoms with E-state index >= 15 is 0 Å².